The molecule has 10 heteroatoms. The maximum absolute atomic E-state index is 14.3. The van der Waals surface area contributed by atoms with Gasteiger partial charge in [0, 0.05) is 22.7 Å². The smallest absolute Gasteiger partial charge is 0.505 e. The van der Waals surface area contributed by atoms with Crippen LogP contribution in [0.5, 0.6) is 11.5 Å². The fourth-order valence-corrected chi connectivity index (χ4v) is 5.00. The number of aromatic nitrogens is 1. The lowest BCUT2D eigenvalue weighted by atomic mass is 9.86. The van der Waals surface area contributed by atoms with Crippen molar-refractivity contribution in [2.24, 2.45) is 5.92 Å². The highest BCUT2D eigenvalue weighted by atomic mass is 19.4. The van der Waals surface area contributed by atoms with Crippen molar-refractivity contribution in [3.8, 4) is 11.5 Å². The minimum Gasteiger partial charge on any atom is -0.505 e. The van der Waals surface area contributed by atoms with Crippen molar-refractivity contribution in [2.75, 3.05) is 0 Å². The number of hydrogen-bond acceptors (Lipinski definition) is 4. The zero-order chi connectivity index (χ0) is 25.5. The van der Waals surface area contributed by atoms with Crippen molar-refractivity contribution in [1.29, 1.82) is 0 Å². The summed E-state index contributed by atoms with van der Waals surface area (Å²) in [4.78, 5) is 25.7. The number of carboxylic acids is 1. The van der Waals surface area contributed by atoms with Crippen molar-refractivity contribution in [1.82, 2.24) is 4.57 Å². The quantitative estimate of drug-likeness (QED) is 0.404. The molecule has 0 bridgehead atoms. The maximum Gasteiger partial charge on any atom is 0.573 e. The van der Waals surface area contributed by atoms with Gasteiger partial charge in [0.15, 0.2) is 11.6 Å². The van der Waals surface area contributed by atoms with Gasteiger partial charge in [-0.3, -0.25) is 14.2 Å². The Morgan fingerprint density at radius 1 is 1.14 bits per heavy atom. The molecule has 0 spiro atoms. The van der Waals surface area contributed by atoms with Gasteiger partial charge in [0.05, 0.1) is 11.4 Å². The van der Waals surface area contributed by atoms with Gasteiger partial charge in [0.2, 0.25) is 0 Å². The Kier molecular flexibility index (Phi) is 6.48. The Balaban J connectivity index is 1.82. The monoisotopic (exact) mass is 493 g/mol. The molecule has 1 aliphatic rings. The number of hydrogen-bond donors (Lipinski definition) is 2. The molecule has 1 aromatic heterocycles. The van der Waals surface area contributed by atoms with Crippen molar-refractivity contribution in [3.05, 3.63) is 59.0 Å². The number of phenols is 1. The second-order valence-electron chi connectivity index (χ2n) is 8.81. The molecule has 0 amide bonds. The van der Waals surface area contributed by atoms with Crippen molar-refractivity contribution in [3.63, 3.8) is 0 Å². The molecule has 1 fully saturated rings. The molecule has 1 atom stereocenters. The molecule has 1 saturated carbocycles. The Hall–Kier alpha value is -3.56. The van der Waals surface area contributed by atoms with Crippen molar-refractivity contribution in [2.45, 2.75) is 51.3 Å². The highest BCUT2D eigenvalue weighted by Gasteiger charge is 2.33. The first kappa shape index (κ1) is 24.6. The summed E-state index contributed by atoms with van der Waals surface area (Å²) in [6, 6.07) is 6.30. The second kappa shape index (κ2) is 9.24. The van der Waals surface area contributed by atoms with Crippen LogP contribution in [-0.2, 0) is 4.79 Å². The fourth-order valence-electron chi connectivity index (χ4n) is 5.00. The third-order valence-corrected chi connectivity index (χ3v) is 6.55. The molecule has 0 aliphatic heterocycles. The molecule has 1 heterocycles. The van der Waals surface area contributed by atoms with Crippen LogP contribution in [0.15, 0.2) is 36.4 Å². The molecule has 35 heavy (non-hydrogen) atoms. The minimum atomic E-state index is -4.89. The molecule has 186 valence electrons. The molecule has 0 saturated heterocycles. The van der Waals surface area contributed by atoms with E-state index in [4.69, 9.17) is 0 Å². The summed E-state index contributed by atoms with van der Waals surface area (Å²) >= 11 is 0. The van der Waals surface area contributed by atoms with Gasteiger partial charge in [-0.05, 0) is 55.2 Å². The second-order valence-corrected chi connectivity index (χ2v) is 8.81. The summed E-state index contributed by atoms with van der Waals surface area (Å²) in [6.07, 6.45) is -0.741. The number of phenolic OH excluding ortho intramolecular Hbond substituents is 1. The van der Waals surface area contributed by atoms with Crippen LogP contribution in [0.4, 0.5) is 17.6 Å². The molecular formula is C25H23F4NO5. The average molecular weight is 493 g/mol. The van der Waals surface area contributed by atoms with E-state index in [1.54, 1.807) is 0 Å². The highest BCUT2D eigenvalue weighted by molar-refractivity contribution is 6.05. The van der Waals surface area contributed by atoms with Crippen LogP contribution in [-0.4, -0.2) is 33.0 Å². The minimum absolute atomic E-state index is 0.0118. The maximum atomic E-state index is 14.3. The Morgan fingerprint density at radius 2 is 1.77 bits per heavy atom. The molecule has 2 aromatic carbocycles. The predicted molar refractivity (Wildman–Crippen MR) is 118 cm³/mol. The molecular weight excluding hydrogens is 470 g/mol. The Morgan fingerprint density at radius 3 is 2.34 bits per heavy atom. The number of alkyl halides is 3. The van der Waals surface area contributed by atoms with E-state index >= 15 is 0 Å². The number of fused-ring (bicyclic) bond motifs is 1. The number of halogens is 4. The Labute approximate surface area is 197 Å². The van der Waals surface area contributed by atoms with E-state index in [1.165, 1.54) is 6.92 Å². The zero-order valence-electron chi connectivity index (χ0n) is 18.7. The van der Waals surface area contributed by atoms with Gasteiger partial charge in [-0.2, -0.15) is 0 Å². The summed E-state index contributed by atoms with van der Waals surface area (Å²) in [7, 11) is 0. The largest absolute Gasteiger partial charge is 0.573 e. The molecule has 6 nitrogen and oxygen atoms in total. The SMILES string of the molecule is Cc1c([C@H](CC2CCCC2)C(=O)O)c2cc(O)c(F)cc2n1C(=O)c1ccc(OC(F)(F)F)cc1. The van der Waals surface area contributed by atoms with Crippen LogP contribution in [0.3, 0.4) is 0 Å². The molecule has 0 unspecified atom stereocenters. The standard InChI is InChI=1S/C25H23F4NO5/c1-13-22(18(24(33)34)10-14-4-2-3-5-14)17-11-21(31)19(26)12-20(17)30(13)23(32)15-6-8-16(9-7-15)35-25(27,28)29/h6-9,11-12,14,18,31H,2-5,10H2,1H3,(H,33,34)/t18-/m0/s1. The first-order valence-electron chi connectivity index (χ1n) is 11.1. The predicted octanol–water partition coefficient (Wildman–Crippen LogP) is 6.13. The first-order chi connectivity index (χ1) is 16.5. The Bertz CT molecular complexity index is 1270. The molecule has 1 aliphatic carbocycles. The van der Waals surface area contributed by atoms with Crippen LogP contribution in [0.25, 0.3) is 10.9 Å². The van der Waals surface area contributed by atoms with Gasteiger partial charge < -0.3 is 14.9 Å². The average Bonchev–Trinajstić information content (AvgIpc) is 3.37. The van der Waals surface area contributed by atoms with Crippen LogP contribution in [0.2, 0.25) is 0 Å². The summed E-state index contributed by atoms with van der Waals surface area (Å²) in [5, 5.41) is 20.3. The number of carbonyl (C=O) groups is 2. The van der Waals surface area contributed by atoms with Gasteiger partial charge in [0.25, 0.3) is 5.91 Å². The molecule has 0 radical (unpaired) electrons. The summed E-state index contributed by atoms with van der Waals surface area (Å²) in [5.74, 6) is -4.75. The number of aromatic hydroxyl groups is 1. The topological polar surface area (TPSA) is 88.8 Å². The van der Waals surface area contributed by atoms with Crippen molar-refractivity contribution >= 4 is 22.8 Å². The number of carboxylic acid groups (broad SMARTS) is 1. The van der Waals surface area contributed by atoms with E-state index < -0.39 is 41.5 Å². The number of rotatable bonds is 6. The lowest BCUT2D eigenvalue weighted by Crippen LogP contribution is -2.18. The van der Waals surface area contributed by atoms with E-state index in [1.807, 2.05) is 0 Å². The summed E-state index contributed by atoms with van der Waals surface area (Å²) in [5.41, 5.74) is 0.615. The third-order valence-electron chi connectivity index (χ3n) is 6.55. The van der Waals surface area contributed by atoms with Gasteiger partial charge in [-0.15, -0.1) is 13.2 Å². The van der Waals surface area contributed by atoms with E-state index in [0.717, 1.165) is 66.6 Å². The lowest BCUT2D eigenvalue weighted by Gasteiger charge is -2.18. The van der Waals surface area contributed by atoms with Gasteiger partial charge in [-0.1, -0.05) is 25.7 Å². The van der Waals surface area contributed by atoms with E-state index in [0.29, 0.717) is 12.0 Å². The third kappa shape index (κ3) is 4.96. The van der Waals surface area contributed by atoms with Gasteiger partial charge >= 0.3 is 12.3 Å². The van der Waals surface area contributed by atoms with Crippen LogP contribution in [0, 0.1) is 18.7 Å². The highest BCUT2D eigenvalue weighted by Crippen LogP contribution is 2.41. The number of aliphatic carboxylic acids is 1. The number of ether oxygens (including phenoxy) is 1. The van der Waals surface area contributed by atoms with E-state index in [-0.39, 0.29) is 28.1 Å². The van der Waals surface area contributed by atoms with Gasteiger partial charge in [-0.25, -0.2) is 4.39 Å². The summed E-state index contributed by atoms with van der Waals surface area (Å²) in [6.45, 7) is 1.54. The molecule has 4 rings (SSSR count). The van der Waals surface area contributed by atoms with Crippen LogP contribution < -0.4 is 4.74 Å². The zero-order valence-corrected chi connectivity index (χ0v) is 18.7. The molecule has 2 N–H and O–H groups in total. The first-order valence-corrected chi connectivity index (χ1v) is 11.1. The normalized spacial score (nSPS) is 15.5. The van der Waals surface area contributed by atoms with E-state index in [9.17, 15) is 37.4 Å². The number of nitrogens with zero attached hydrogens (tertiary/aromatic N) is 1. The van der Waals surface area contributed by atoms with E-state index in [2.05, 4.69) is 4.74 Å². The summed E-state index contributed by atoms with van der Waals surface area (Å²) < 4.78 is 56.7. The van der Waals surface area contributed by atoms with Crippen molar-refractivity contribution < 1.29 is 42.1 Å². The lowest BCUT2D eigenvalue weighted by molar-refractivity contribution is -0.274. The van der Waals surface area contributed by atoms with Crippen LogP contribution in [0.1, 0.15) is 59.6 Å². The fraction of sp³-hybridized carbons (Fsp3) is 0.360. The number of benzene rings is 2. The number of carbonyl (C=O) groups excluding carboxylic acids is 1. The molecule has 3 aromatic rings. The van der Waals surface area contributed by atoms with Gasteiger partial charge in [0.1, 0.15) is 5.75 Å². The van der Waals surface area contributed by atoms with Crippen LogP contribution >= 0.6 is 0 Å².